The lowest BCUT2D eigenvalue weighted by molar-refractivity contribution is -0.118. The number of thioether (sulfide) groups is 1. The summed E-state index contributed by atoms with van der Waals surface area (Å²) in [6, 6.07) is 11.3. The van der Waals surface area contributed by atoms with E-state index in [1.165, 1.54) is 11.8 Å². The number of furan rings is 1. The second-order valence-corrected chi connectivity index (χ2v) is 7.21. The summed E-state index contributed by atoms with van der Waals surface area (Å²) in [5.74, 6) is 2.22. The van der Waals surface area contributed by atoms with Crippen molar-refractivity contribution >= 4 is 30.0 Å². The van der Waals surface area contributed by atoms with E-state index in [-0.39, 0.29) is 11.7 Å². The van der Waals surface area contributed by atoms with Crippen LogP contribution in [0.15, 0.2) is 62.9 Å². The number of aromatic nitrogens is 3. The van der Waals surface area contributed by atoms with E-state index in [9.17, 15) is 4.79 Å². The molecule has 3 rings (SSSR count). The molecule has 0 atom stereocenters. The number of hydrogen-bond acceptors (Lipinski definition) is 7. The van der Waals surface area contributed by atoms with Gasteiger partial charge < -0.3 is 13.7 Å². The molecule has 0 saturated heterocycles. The third-order valence-electron chi connectivity index (χ3n) is 4.08. The number of methoxy groups -OCH3 is 1. The molecule has 1 aromatic carbocycles. The Morgan fingerprint density at radius 3 is 2.77 bits per heavy atom. The first kappa shape index (κ1) is 21.4. The van der Waals surface area contributed by atoms with Crippen molar-refractivity contribution in [3.63, 3.8) is 0 Å². The van der Waals surface area contributed by atoms with Gasteiger partial charge in [0.25, 0.3) is 5.91 Å². The van der Waals surface area contributed by atoms with Gasteiger partial charge in [-0.15, -0.1) is 10.2 Å². The van der Waals surface area contributed by atoms with Crippen molar-refractivity contribution in [2.75, 3.05) is 12.9 Å². The van der Waals surface area contributed by atoms with Gasteiger partial charge in [-0.25, -0.2) is 5.43 Å². The van der Waals surface area contributed by atoms with Gasteiger partial charge >= 0.3 is 0 Å². The molecule has 3 aromatic rings. The van der Waals surface area contributed by atoms with Gasteiger partial charge in [-0.3, -0.25) is 4.79 Å². The molecular weight excluding hydrogens is 402 g/mol. The van der Waals surface area contributed by atoms with Crippen molar-refractivity contribution in [1.29, 1.82) is 0 Å². The van der Waals surface area contributed by atoms with Gasteiger partial charge in [-0.1, -0.05) is 11.8 Å². The van der Waals surface area contributed by atoms with Gasteiger partial charge in [0.2, 0.25) is 0 Å². The number of carbonyl (C=O) groups is 1. The molecule has 2 aromatic heterocycles. The summed E-state index contributed by atoms with van der Waals surface area (Å²) in [5.41, 5.74) is 4.31. The first-order valence-electron chi connectivity index (χ1n) is 9.34. The number of hydrogen-bond donors (Lipinski definition) is 1. The fourth-order valence-corrected chi connectivity index (χ4v) is 3.43. The lowest BCUT2D eigenvalue weighted by Gasteiger charge is -2.07. The quantitative estimate of drug-likeness (QED) is 0.318. The van der Waals surface area contributed by atoms with E-state index in [1.807, 2.05) is 60.9 Å². The Bertz CT molecular complexity index is 1020. The Hall–Kier alpha value is -3.33. The molecular formula is C21H23N5O3S. The predicted molar refractivity (Wildman–Crippen MR) is 117 cm³/mol. The molecule has 156 valence electrons. The lowest BCUT2D eigenvalue weighted by Crippen LogP contribution is -2.20. The highest BCUT2D eigenvalue weighted by Gasteiger charge is 2.14. The number of rotatable bonds is 9. The molecule has 0 radical (unpaired) electrons. The number of hydrazone groups is 1. The molecule has 0 unspecified atom stereocenters. The Morgan fingerprint density at radius 1 is 1.30 bits per heavy atom. The van der Waals surface area contributed by atoms with Crippen molar-refractivity contribution in [3.8, 4) is 17.1 Å². The predicted octanol–water partition coefficient (Wildman–Crippen LogP) is 3.86. The van der Waals surface area contributed by atoms with Gasteiger partial charge in [0.15, 0.2) is 11.0 Å². The molecule has 0 bridgehead atoms. The zero-order valence-electron chi connectivity index (χ0n) is 17.0. The van der Waals surface area contributed by atoms with Crippen molar-refractivity contribution in [1.82, 2.24) is 20.2 Å². The van der Waals surface area contributed by atoms with Gasteiger partial charge in [-0.05, 0) is 61.9 Å². The van der Waals surface area contributed by atoms with Crippen LogP contribution in [0.25, 0.3) is 17.5 Å². The third-order valence-corrected chi connectivity index (χ3v) is 5.05. The Balaban J connectivity index is 1.56. The Kier molecular flexibility index (Phi) is 7.45. The highest BCUT2D eigenvalue weighted by atomic mass is 32.2. The van der Waals surface area contributed by atoms with Gasteiger partial charge in [0.1, 0.15) is 11.5 Å². The van der Waals surface area contributed by atoms with E-state index in [2.05, 4.69) is 20.7 Å². The van der Waals surface area contributed by atoms with E-state index < -0.39 is 0 Å². The maximum Gasteiger partial charge on any atom is 0.250 e. The Morgan fingerprint density at radius 2 is 2.10 bits per heavy atom. The van der Waals surface area contributed by atoms with Gasteiger partial charge in [-0.2, -0.15) is 5.10 Å². The highest BCUT2D eigenvalue weighted by molar-refractivity contribution is 7.99. The van der Waals surface area contributed by atoms with E-state index in [1.54, 1.807) is 19.6 Å². The smallest absolute Gasteiger partial charge is 0.250 e. The molecule has 0 fully saturated rings. The van der Waals surface area contributed by atoms with Crippen LogP contribution in [0.4, 0.5) is 0 Å². The number of nitrogens with zero attached hydrogens (tertiary/aromatic N) is 4. The molecule has 0 aliphatic heterocycles. The number of amides is 1. The van der Waals surface area contributed by atoms with Crippen LogP contribution in [0, 0.1) is 0 Å². The molecule has 1 N–H and O–H groups in total. The van der Waals surface area contributed by atoms with Crippen LogP contribution < -0.4 is 10.2 Å². The minimum atomic E-state index is -0.223. The second kappa shape index (κ2) is 10.4. The van der Waals surface area contributed by atoms with Crippen molar-refractivity contribution < 1.29 is 13.9 Å². The van der Waals surface area contributed by atoms with Crippen LogP contribution in [0.3, 0.4) is 0 Å². The average Bonchev–Trinajstić information content (AvgIpc) is 3.41. The molecule has 0 aliphatic carbocycles. The maximum absolute atomic E-state index is 12.1. The van der Waals surface area contributed by atoms with Crippen LogP contribution in [0.1, 0.15) is 19.6 Å². The summed E-state index contributed by atoms with van der Waals surface area (Å²) in [7, 11) is 1.63. The summed E-state index contributed by atoms with van der Waals surface area (Å²) in [5, 5.41) is 13.2. The number of benzene rings is 1. The van der Waals surface area contributed by atoms with E-state index in [4.69, 9.17) is 9.15 Å². The summed E-state index contributed by atoms with van der Waals surface area (Å²) >= 11 is 1.31. The Labute approximate surface area is 179 Å². The summed E-state index contributed by atoms with van der Waals surface area (Å²) in [6.45, 7) is 4.57. The molecule has 0 spiro atoms. The van der Waals surface area contributed by atoms with Crippen molar-refractivity contribution in [3.05, 3.63) is 54.0 Å². The van der Waals surface area contributed by atoms with Gasteiger partial charge in [0.05, 0.1) is 25.3 Å². The summed E-state index contributed by atoms with van der Waals surface area (Å²) < 4.78 is 12.4. The number of ether oxygens (including phenoxy) is 1. The largest absolute Gasteiger partial charge is 0.497 e. The van der Waals surface area contributed by atoms with Crippen LogP contribution >= 0.6 is 11.8 Å². The monoisotopic (exact) mass is 425 g/mol. The summed E-state index contributed by atoms with van der Waals surface area (Å²) in [6.07, 6.45) is 5.00. The molecule has 30 heavy (non-hydrogen) atoms. The van der Waals surface area contributed by atoms with E-state index >= 15 is 0 Å². The average molecular weight is 426 g/mol. The first-order chi connectivity index (χ1) is 14.6. The van der Waals surface area contributed by atoms with Crippen molar-refractivity contribution in [2.45, 2.75) is 25.5 Å². The molecule has 2 heterocycles. The van der Waals surface area contributed by atoms with Crippen LogP contribution in [0.5, 0.6) is 5.75 Å². The van der Waals surface area contributed by atoms with Gasteiger partial charge in [0, 0.05) is 12.1 Å². The molecule has 8 nitrogen and oxygen atoms in total. The number of carbonyl (C=O) groups excluding carboxylic acids is 1. The number of nitrogens with one attached hydrogen (secondary N) is 1. The summed E-state index contributed by atoms with van der Waals surface area (Å²) in [4.78, 5) is 12.1. The highest BCUT2D eigenvalue weighted by Crippen LogP contribution is 2.25. The van der Waals surface area contributed by atoms with Crippen LogP contribution in [-0.4, -0.2) is 39.7 Å². The molecule has 1 amide bonds. The molecule has 9 heteroatoms. The van der Waals surface area contributed by atoms with E-state index in [0.29, 0.717) is 11.7 Å². The fourth-order valence-electron chi connectivity index (χ4n) is 2.64. The number of allylic oxidation sites excluding steroid dienone is 1. The standard InChI is InChI=1S/C21H23N5O3S/c1-4-26-20(16-7-9-17(28-3)10-8-16)24-25-21(26)30-14-19(27)23-22-13-15(2)12-18-6-5-11-29-18/h5-13H,4,14H2,1-3H3,(H,23,27)/b15-12+,22-13-. The molecule has 0 saturated carbocycles. The fraction of sp³-hybridized carbons (Fsp3) is 0.238. The topological polar surface area (TPSA) is 94.5 Å². The SMILES string of the molecule is CCn1c(SCC(=O)N/N=C\C(C)=C\c2ccco2)nnc1-c1ccc(OC)cc1. The normalized spacial score (nSPS) is 11.8. The van der Waals surface area contributed by atoms with E-state index in [0.717, 1.165) is 28.5 Å². The second-order valence-electron chi connectivity index (χ2n) is 6.26. The zero-order valence-corrected chi connectivity index (χ0v) is 17.8. The van der Waals surface area contributed by atoms with Crippen LogP contribution in [-0.2, 0) is 11.3 Å². The lowest BCUT2D eigenvalue weighted by atomic mass is 10.2. The zero-order chi connectivity index (χ0) is 21.3. The first-order valence-corrected chi connectivity index (χ1v) is 10.3. The third kappa shape index (κ3) is 5.60. The van der Waals surface area contributed by atoms with Crippen molar-refractivity contribution in [2.24, 2.45) is 5.10 Å². The minimum Gasteiger partial charge on any atom is -0.497 e. The molecule has 0 aliphatic rings. The van der Waals surface area contributed by atoms with Crippen LogP contribution in [0.2, 0.25) is 0 Å². The minimum absolute atomic E-state index is 0.180. The maximum atomic E-state index is 12.1.